The van der Waals surface area contributed by atoms with Crippen molar-refractivity contribution in [1.82, 2.24) is 19.1 Å². The number of benzene rings is 10. The van der Waals surface area contributed by atoms with Crippen molar-refractivity contribution < 1.29 is 9.30 Å². The first-order valence-corrected chi connectivity index (χ1v) is 28.3. The van der Waals surface area contributed by atoms with Gasteiger partial charge in [0.15, 0.2) is 0 Å². The van der Waals surface area contributed by atoms with Gasteiger partial charge >= 0.3 is 0 Å². The maximum Gasteiger partial charge on any atom is 0.269 e. The predicted molar refractivity (Wildman–Crippen MR) is 341 cm³/mol. The molecule has 14 rings (SSSR count). The minimum absolute atomic E-state index is 0.0821. The average molecular weight is 1080 g/mol. The summed E-state index contributed by atoms with van der Waals surface area (Å²) < 4.78 is 13.4. The molecule has 0 aliphatic heterocycles. The Labute approximate surface area is 488 Å². The molecule has 0 aliphatic rings. The molecule has 0 fully saturated rings. The molecule has 0 unspecified atom stereocenters. The lowest BCUT2D eigenvalue weighted by Crippen LogP contribution is -2.31. The van der Waals surface area contributed by atoms with Crippen molar-refractivity contribution in [2.45, 2.75) is 33.1 Å². The number of imidazole rings is 1. The van der Waals surface area contributed by atoms with E-state index in [1.165, 1.54) is 5.56 Å². The highest BCUT2D eigenvalue weighted by atomic mass is 16.5. The number of pyridine rings is 2. The Morgan fingerprint density at radius 1 is 0.464 bits per heavy atom. The molecule has 0 amide bonds. The highest BCUT2D eigenvalue weighted by molar-refractivity contribution is 6.09. The SMILES string of the molecule is Cc1cc2c(cn1)c1ccc(Oc3cc(C#N)cc(-n4[c-][n+](-c5c(-c6cc(-c7ccccc7)cc(-c7ccccc7)c6)cccc5-c5cc(-c6ccccc6)cc(-c6ccccc6)c5)c5ccccc54)c3)cc1n2-c1cc(C(C)(C)C)ccn1. The molecule has 0 bridgehead atoms. The van der Waals surface area contributed by atoms with Crippen LogP contribution in [0.1, 0.15) is 37.6 Å². The number of aryl methyl sites for hydroxylation is 1. The third kappa shape index (κ3) is 9.66. The molecule has 0 radical (unpaired) electrons. The van der Waals surface area contributed by atoms with E-state index in [9.17, 15) is 5.26 Å². The summed E-state index contributed by atoms with van der Waals surface area (Å²) in [5.74, 6) is 1.93. The third-order valence-corrected chi connectivity index (χ3v) is 15.9. The van der Waals surface area contributed by atoms with E-state index in [1.807, 2.05) is 37.5 Å². The number of hydrogen-bond acceptors (Lipinski definition) is 4. The van der Waals surface area contributed by atoms with Gasteiger partial charge in [-0.15, -0.1) is 0 Å². The summed E-state index contributed by atoms with van der Waals surface area (Å²) in [4.78, 5) is 9.63. The van der Waals surface area contributed by atoms with Gasteiger partial charge < -0.3 is 4.74 Å². The van der Waals surface area contributed by atoms with Crippen LogP contribution < -0.4 is 9.30 Å². The number of aromatic nitrogens is 5. The highest BCUT2D eigenvalue weighted by Crippen LogP contribution is 2.42. The number of fused-ring (bicyclic) bond motifs is 4. The second-order valence-electron chi connectivity index (χ2n) is 22.5. The number of rotatable bonds is 11. The monoisotopic (exact) mass is 1080 g/mol. The quantitative estimate of drug-likeness (QED) is 0.0956. The van der Waals surface area contributed by atoms with Crippen LogP contribution in [-0.4, -0.2) is 19.1 Å². The molecule has 7 heteroatoms. The van der Waals surface area contributed by atoms with Crippen LogP contribution in [0.15, 0.2) is 267 Å². The van der Waals surface area contributed by atoms with Gasteiger partial charge in [0.05, 0.1) is 45.1 Å². The Morgan fingerprint density at radius 2 is 1.00 bits per heavy atom. The van der Waals surface area contributed by atoms with Crippen LogP contribution in [0.25, 0.3) is 117 Å². The fourth-order valence-corrected chi connectivity index (χ4v) is 11.7. The third-order valence-electron chi connectivity index (χ3n) is 15.9. The van der Waals surface area contributed by atoms with Gasteiger partial charge in [-0.1, -0.05) is 185 Å². The Morgan fingerprint density at radius 3 is 1.56 bits per heavy atom. The minimum atomic E-state index is -0.0821. The number of hydrogen-bond donors (Lipinski definition) is 0. The first-order valence-electron chi connectivity index (χ1n) is 28.3. The summed E-state index contributed by atoms with van der Waals surface area (Å²) in [6.07, 6.45) is 7.74. The molecular weight excluding hydrogens is 1020 g/mol. The van der Waals surface area contributed by atoms with Crippen molar-refractivity contribution in [2.24, 2.45) is 0 Å². The standard InChI is InChI=1S/C77H56N6O/c1-51-36-73-70(49-80-51)69-33-32-65(47-74(69)83(73)75-45-63(34-35-79-75)77(2,3)4)84-66-38-52(48-78)37-64(46-66)81-50-82(72-31-18-17-30-71(72)81)76-67(61-41-57(53-20-9-5-10-21-53)39-58(42-61)54-22-11-6-12-23-54)28-19-29-68(76)62-43-59(55-24-13-7-14-25-55)40-60(44-62)56-26-15-8-16-27-56/h5-47,49H,1-4H3. The van der Waals surface area contributed by atoms with Crippen LogP contribution >= 0.6 is 0 Å². The zero-order chi connectivity index (χ0) is 56.9. The molecule has 84 heavy (non-hydrogen) atoms. The smallest absolute Gasteiger partial charge is 0.269 e. The van der Waals surface area contributed by atoms with Crippen molar-refractivity contribution in [3.63, 3.8) is 0 Å². The molecule has 10 aromatic carbocycles. The van der Waals surface area contributed by atoms with Crippen LogP contribution in [0.4, 0.5) is 0 Å². The Kier molecular flexibility index (Phi) is 12.9. The first-order chi connectivity index (χ1) is 41.1. The van der Waals surface area contributed by atoms with E-state index in [-0.39, 0.29) is 5.41 Å². The second-order valence-corrected chi connectivity index (χ2v) is 22.5. The van der Waals surface area contributed by atoms with E-state index in [0.29, 0.717) is 22.7 Å². The van der Waals surface area contributed by atoms with Gasteiger partial charge in [-0.3, -0.25) is 18.7 Å². The molecule has 0 saturated heterocycles. The van der Waals surface area contributed by atoms with Gasteiger partial charge in [0.1, 0.15) is 17.3 Å². The molecular formula is C77H56N6O. The van der Waals surface area contributed by atoms with E-state index < -0.39 is 0 Å². The Bertz CT molecular complexity index is 4600. The minimum Gasteiger partial charge on any atom is -0.458 e. The summed E-state index contributed by atoms with van der Waals surface area (Å²) in [5, 5.41) is 12.8. The van der Waals surface area contributed by atoms with E-state index >= 15 is 0 Å². The fourth-order valence-electron chi connectivity index (χ4n) is 11.7. The zero-order valence-corrected chi connectivity index (χ0v) is 47.0. The van der Waals surface area contributed by atoms with Gasteiger partial charge in [0.25, 0.3) is 6.33 Å². The Balaban J connectivity index is 0.970. The summed E-state index contributed by atoms with van der Waals surface area (Å²) >= 11 is 0. The molecule has 0 saturated carbocycles. The van der Waals surface area contributed by atoms with E-state index in [0.717, 1.165) is 117 Å². The molecule has 0 N–H and O–H groups in total. The maximum absolute atomic E-state index is 10.8. The topological polar surface area (TPSA) is 72.5 Å². The summed E-state index contributed by atoms with van der Waals surface area (Å²) in [7, 11) is 0. The van der Waals surface area contributed by atoms with Crippen LogP contribution in [0, 0.1) is 24.6 Å². The average Bonchev–Trinajstić information content (AvgIpc) is 3.12. The van der Waals surface area contributed by atoms with Gasteiger partial charge in [0, 0.05) is 34.9 Å². The number of nitriles is 1. The summed E-state index contributed by atoms with van der Waals surface area (Å²) in [5.41, 5.74) is 21.0. The lowest BCUT2D eigenvalue weighted by molar-refractivity contribution is -0.571. The fraction of sp³-hybridized carbons (Fsp3) is 0.0649. The van der Waals surface area contributed by atoms with Crippen molar-refractivity contribution in [2.75, 3.05) is 0 Å². The van der Waals surface area contributed by atoms with Crippen LogP contribution in [0.3, 0.4) is 0 Å². The molecule has 400 valence electrons. The lowest BCUT2D eigenvalue weighted by atomic mass is 9.88. The summed E-state index contributed by atoms with van der Waals surface area (Å²) in [6.45, 7) is 8.66. The van der Waals surface area contributed by atoms with Crippen molar-refractivity contribution in [3.05, 3.63) is 290 Å². The van der Waals surface area contributed by atoms with Crippen molar-refractivity contribution >= 4 is 32.8 Å². The van der Waals surface area contributed by atoms with Gasteiger partial charge in [-0.2, -0.15) is 5.26 Å². The molecule has 7 nitrogen and oxygen atoms in total. The van der Waals surface area contributed by atoms with Crippen LogP contribution in [0.5, 0.6) is 11.5 Å². The van der Waals surface area contributed by atoms with Crippen molar-refractivity contribution in [1.29, 1.82) is 5.26 Å². The Hall–Kier alpha value is -10.9. The van der Waals surface area contributed by atoms with Gasteiger partial charge in [0.2, 0.25) is 0 Å². The first kappa shape index (κ1) is 51.2. The van der Waals surface area contributed by atoms with Gasteiger partial charge in [-0.05, 0) is 170 Å². The van der Waals surface area contributed by atoms with E-state index in [1.54, 1.807) is 6.07 Å². The summed E-state index contributed by atoms with van der Waals surface area (Å²) in [6, 6.07) is 92.0. The van der Waals surface area contributed by atoms with Gasteiger partial charge in [-0.25, -0.2) is 4.98 Å². The largest absolute Gasteiger partial charge is 0.458 e. The lowest BCUT2D eigenvalue weighted by Gasteiger charge is -2.20. The van der Waals surface area contributed by atoms with E-state index in [4.69, 9.17) is 14.7 Å². The van der Waals surface area contributed by atoms with Crippen LogP contribution in [-0.2, 0) is 5.41 Å². The molecule has 4 aromatic heterocycles. The second kappa shape index (κ2) is 21.2. The number of para-hydroxylation sites is 3. The molecule has 0 atom stereocenters. The van der Waals surface area contributed by atoms with E-state index in [2.05, 4.69) is 277 Å². The van der Waals surface area contributed by atoms with Crippen molar-refractivity contribution in [3.8, 4) is 102 Å². The molecule has 0 aliphatic carbocycles. The molecule has 14 aromatic rings. The highest BCUT2D eigenvalue weighted by Gasteiger charge is 2.24. The molecule has 0 spiro atoms. The molecule has 4 heterocycles. The maximum atomic E-state index is 10.8. The van der Waals surface area contributed by atoms with Crippen LogP contribution in [0.2, 0.25) is 0 Å². The number of nitrogens with zero attached hydrogens (tertiary/aromatic N) is 6. The predicted octanol–water partition coefficient (Wildman–Crippen LogP) is 18.9. The normalized spacial score (nSPS) is 11.6. The number of ether oxygens (including phenoxy) is 1. The zero-order valence-electron chi connectivity index (χ0n) is 47.0.